The molecule has 1 aliphatic rings. The molecule has 2 nitrogen and oxygen atoms in total. The van der Waals surface area contributed by atoms with Gasteiger partial charge >= 0.3 is 0 Å². The van der Waals surface area contributed by atoms with Gasteiger partial charge in [0.05, 0.1) is 6.26 Å². The van der Waals surface area contributed by atoms with Crippen LogP contribution in [0.4, 0.5) is 0 Å². The minimum Gasteiger partial charge on any atom is -0.469 e. The number of allylic oxidation sites excluding steroid dienone is 1. The maximum atomic E-state index is 11.9. The van der Waals surface area contributed by atoms with Crippen LogP contribution in [0.2, 0.25) is 0 Å². The van der Waals surface area contributed by atoms with Gasteiger partial charge < -0.3 is 4.42 Å². The molecule has 4 heteroatoms. The van der Waals surface area contributed by atoms with Crippen molar-refractivity contribution in [1.29, 1.82) is 0 Å². The van der Waals surface area contributed by atoms with Crippen LogP contribution in [0.15, 0.2) is 32.6 Å². The number of rotatable bonds is 3. The molecule has 0 amide bonds. The SMILES string of the molecule is CSC(SC)=C1C(=O)CCC1c1ccco1. The molecule has 2 rings (SSSR count). The lowest BCUT2D eigenvalue weighted by molar-refractivity contribution is -0.114. The lowest BCUT2D eigenvalue weighted by Crippen LogP contribution is -2.01. The minimum absolute atomic E-state index is 0.164. The van der Waals surface area contributed by atoms with Crippen LogP contribution in [0.3, 0.4) is 0 Å². The van der Waals surface area contributed by atoms with Crippen LogP contribution in [0.5, 0.6) is 0 Å². The van der Waals surface area contributed by atoms with Gasteiger partial charge in [0.25, 0.3) is 0 Å². The van der Waals surface area contributed by atoms with Crippen LogP contribution in [0.25, 0.3) is 0 Å². The average molecular weight is 254 g/mol. The fraction of sp³-hybridized carbons (Fsp3) is 0.417. The summed E-state index contributed by atoms with van der Waals surface area (Å²) in [6.07, 6.45) is 7.23. The summed E-state index contributed by atoms with van der Waals surface area (Å²) in [5, 5.41) is 0. The molecule has 0 aromatic carbocycles. The topological polar surface area (TPSA) is 30.2 Å². The van der Waals surface area contributed by atoms with Crippen molar-refractivity contribution in [3.8, 4) is 0 Å². The Hall–Kier alpha value is -0.610. The van der Waals surface area contributed by atoms with E-state index >= 15 is 0 Å². The minimum atomic E-state index is 0.164. The molecule has 1 unspecified atom stereocenters. The zero-order valence-corrected chi connectivity index (χ0v) is 11.0. The predicted octanol–water partition coefficient (Wildman–Crippen LogP) is 3.66. The van der Waals surface area contributed by atoms with Crippen molar-refractivity contribution in [2.45, 2.75) is 18.8 Å². The Kier molecular flexibility index (Phi) is 3.82. The average Bonchev–Trinajstić information content (AvgIpc) is 2.91. The van der Waals surface area contributed by atoms with Crippen molar-refractivity contribution in [3.63, 3.8) is 0 Å². The summed E-state index contributed by atoms with van der Waals surface area (Å²) in [5.74, 6) is 1.36. The first-order chi connectivity index (χ1) is 7.77. The van der Waals surface area contributed by atoms with E-state index in [4.69, 9.17) is 4.42 Å². The molecule has 1 atom stereocenters. The summed E-state index contributed by atoms with van der Waals surface area (Å²) in [7, 11) is 0. The number of furan rings is 1. The third-order valence-electron chi connectivity index (χ3n) is 2.79. The summed E-state index contributed by atoms with van der Waals surface area (Å²) in [6.45, 7) is 0. The van der Waals surface area contributed by atoms with Gasteiger partial charge in [-0.05, 0) is 31.1 Å². The largest absolute Gasteiger partial charge is 0.469 e. The molecule has 0 N–H and O–H groups in total. The molecule has 16 heavy (non-hydrogen) atoms. The van der Waals surface area contributed by atoms with Gasteiger partial charge in [0.15, 0.2) is 5.78 Å². The summed E-state index contributed by atoms with van der Waals surface area (Å²) >= 11 is 3.30. The molecule has 1 aliphatic carbocycles. The molecular weight excluding hydrogens is 240 g/mol. The van der Waals surface area contributed by atoms with E-state index in [0.29, 0.717) is 6.42 Å². The number of carbonyl (C=O) groups excluding carboxylic acids is 1. The molecule has 0 aliphatic heterocycles. The lowest BCUT2D eigenvalue weighted by Gasteiger charge is -2.11. The molecular formula is C12H14O2S2. The first-order valence-electron chi connectivity index (χ1n) is 5.16. The molecule has 0 bridgehead atoms. The van der Waals surface area contributed by atoms with E-state index in [9.17, 15) is 4.79 Å². The quantitative estimate of drug-likeness (QED) is 0.770. The van der Waals surface area contributed by atoms with Crippen molar-refractivity contribution < 1.29 is 9.21 Å². The fourth-order valence-electron chi connectivity index (χ4n) is 2.08. The van der Waals surface area contributed by atoms with Crippen molar-refractivity contribution in [2.75, 3.05) is 12.5 Å². The van der Waals surface area contributed by atoms with Crippen LogP contribution in [0.1, 0.15) is 24.5 Å². The van der Waals surface area contributed by atoms with Gasteiger partial charge in [0.1, 0.15) is 5.76 Å². The van der Waals surface area contributed by atoms with Crippen molar-refractivity contribution in [1.82, 2.24) is 0 Å². The summed E-state index contributed by atoms with van der Waals surface area (Å²) < 4.78 is 6.56. The highest BCUT2D eigenvalue weighted by Gasteiger charge is 2.33. The number of ketones is 1. The maximum absolute atomic E-state index is 11.9. The molecule has 1 aromatic rings. The van der Waals surface area contributed by atoms with Crippen molar-refractivity contribution in [3.05, 3.63) is 34.0 Å². The fourth-order valence-corrected chi connectivity index (χ4v) is 3.70. The highest BCUT2D eigenvalue weighted by molar-refractivity contribution is 8.21. The van der Waals surface area contributed by atoms with E-state index in [2.05, 4.69) is 0 Å². The van der Waals surface area contributed by atoms with Crippen LogP contribution < -0.4 is 0 Å². The molecule has 1 saturated carbocycles. The number of hydrogen-bond donors (Lipinski definition) is 0. The molecule has 86 valence electrons. The van der Waals surface area contributed by atoms with Gasteiger partial charge in [-0.3, -0.25) is 4.79 Å². The number of Topliss-reactive ketones (excluding diaryl/α,β-unsaturated/α-hetero) is 1. The smallest absolute Gasteiger partial charge is 0.161 e. The number of carbonyl (C=O) groups is 1. The van der Waals surface area contributed by atoms with Gasteiger partial charge in [-0.15, -0.1) is 23.5 Å². The van der Waals surface area contributed by atoms with Crippen LogP contribution >= 0.6 is 23.5 Å². The Labute approximate surface area is 104 Å². The number of thioether (sulfide) groups is 2. The third-order valence-corrected chi connectivity index (χ3v) is 4.97. The van der Waals surface area contributed by atoms with E-state index in [0.717, 1.165) is 22.0 Å². The second kappa shape index (κ2) is 5.15. The number of hydrogen-bond acceptors (Lipinski definition) is 4. The van der Waals surface area contributed by atoms with Gasteiger partial charge in [-0.1, -0.05) is 0 Å². The molecule has 1 heterocycles. The van der Waals surface area contributed by atoms with E-state index < -0.39 is 0 Å². The Morgan fingerprint density at radius 2 is 2.19 bits per heavy atom. The highest BCUT2D eigenvalue weighted by Crippen LogP contribution is 2.43. The standard InChI is InChI=1S/C12H14O2S2/c1-15-12(16-2)11-8(5-6-9(11)13)10-4-3-7-14-10/h3-4,7-8H,5-6H2,1-2H3. The third kappa shape index (κ3) is 2.09. The lowest BCUT2D eigenvalue weighted by atomic mass is 10.0. The van der Waals surface area contributed by atoms with E-state index in [1.165, 1.54) is 0 Å². The second-order valence-electron chi connectivity index (χ2n) is 3.64. The first-order valence-corrected chi connectivity index (χ1v) is 7.61. The zero-order valence-electron chi connectivity index (χ0n) is 9.36. The van der Waals surface area contributed by atoms with Gasteiger partial charge in [0.2, 0.25) is 0 Å². The van der Waals surface area contributed by atoms with Crippen LogP contribution in [-0.2, 0) is 4.79 Å². The first kappa shape index (κ1) is 11.9. The highest BCUT2D eigenvalue weighted by atomic mass is 32.2. The molecule has 0 spiro atoms. The second-order valence-corrected chi connectivity index (χ2v) is 5.53. The summed E-state index contributed by atoms with van der Waals surface area (Å²) in [6, 6.07) is 3.84. The Morgan fingerprint density at radius 3 is 2.75 bits per heavy atom. The summed E-state index contributed by atoms with van der Waals surface area (Å²) in [4.78, 5) is 11.9. The molecule has 1 aromatic heterocycles. The van der Waals surface area contributed by atoms with E-state index in [1.54, 1.807) is 29.8 Å². The van der Waals surface area contributed by atoms with Crippen LogP contribution in [0, 0.1) is 0 Å². The zero-order chi connectivity index (χ0) is 11.5. The predicted molar refractivity (Wildman–Crippen MR) is 69.7 cm³/mol. The van der Waals surface area contributed by atoms with Gasteiger partial charge in [-0.2, -0.15) is 0 Å². The maximum Gasteiger partial charge on any atom is 0.161 e. The van der Waals surface area contributed by atoms with Crippen molar-refractivity contribution in [2.24, 2.45) is 0 Å². The van der Waals surface area contributed by atoms with Crippen LogP contribution in [-0.4, -0.2) is 18.3 Å². The van der Waals surface area contributed by atoms with Gasteiger partial charge in [-0.25, -0.2) is 0 Å². The normalized spacial score (nSPS) is 20.5. The Bertz CT molecular complexity index is 401. The molecule has 0 saturated heterocycles. The van der Waals surface area contributed by atoms with Crippen molar-refractivity contribution >= 4 is 29.3 Å². The molecule has 0 radical (unpaired) electrons. The molecule has 1 fully saturated rings. The Morgan fingerprint density at radius 1 is 1.44 bits per heavy atom. The van der Waals surface area contributed by atoms with E-state index in [1.807, 2.05) is 24.6 Å². The van der Waals surface area contributed by atoms with E-state index in [-0.39, 0.29) is 11.7 Å². The monoisotopic (exact) mass is 254 g/mol. The van der Waals surface area contributed by atoms with Gasteiger partial charge in [0, 0.05) is 22.1 Å². The Balaban J connectivity index is 2.40. The summed E-state index contributed by atoms with van der Waals surface area (Å²) in [5.41, 5.74) is 0.954.